The van der Waals surface area contributed by atoms with Crippen LogP contribution in [0.15, 0.2) is 0 Å². The maximum atomic E-state index is 12.9. The van der Waals surface area contributed by atoms with Crippen molar-refractivity contribution in [3.63, 3.8) is 0 Å². The Morgan fingerprint density at radius 2 is 0.654 bits per heavy atom. The molecule has 3 unspecified atom stereocenters. The molecule has 0 aromatic carbocycles. The molecule has 0 aliphatic carbocycles. The van der Waals surface area contributed by atoms with E-state index in [2.05, 4.69) is 41.5 Å². The molecule has 0 amide bonds. The van der Waals surface area contributed by atoms with Gasteiger partial charge in [-0.25, -0.2) is 9.13 Å². The van der Waals surface area contributed by atoms with Gasteiger partial charge in [-0.05, 0) is 37.5 Å². The Bertz CT molecular complexity index is 1550. The van der Waals surface area contributed by atoms with Crippen molar-refractivity contribution in [3.05, 3.63) is 0 Å². The number of phosphoric ester groups is 2. The fourth-order valence-corrected chi connectivity index (χ4v) is 10.2. The van der Waals surface area contributed by atoms with E-state index in [0.29, 0.717) is 25.7 Å². The minimum absolute atomic E-state index is 0.0984. The lowest BCUT2D eigenvalue weighted by atomic mass is 10.00. The molecule has 0 aliphatic heterocycles. The first kappa shape index (κ1) is 76.1. The minimum atomic E-state index is -4.94. The molecule has 0 saturated carbocycles. The smallest absolute Gasteiger partial charge is 0.462 e. The summed E-state index contributed by atoms with van der Waals surface area (Å²) >= 11 is 0. The Morgan fingerprint density at radius 3 is 0.974 bits per heavy atom. The Balaban J connectivity index is 5.08. The highest BCUT2D eigenvalue weighted by molar-refractivity contribution is 7.47. The van der Waals surface area contributed by atoms with Crippen LogP contribution < -0.4 is 0 Å². The number of carbonyl (C=O) groups is 4. The summed E-state index contributed by atoms with van der Waals surface area (Å²) in [6.07, 6.45) is 33.0. The van der Waals surface area contributed by atoms with E-state index in [1.807, 2.05) is 0 Å². The van der Waals surface area contributed by atoms with Crippen LogP contribution in [0.1, 0.15) is 286 Å². The zero-order valence-electron chi connectivity index (χ0n) is 50.0. The highest BCUT2D eigenvalue weighted by atomic mass is 31.2. The lowest BCUT2D eigenvalue weighted by molar-refractivity contribution is -0.161. The molecule has 0 spiro atoms. The summed E-state index contributed by atoms with van der Waals surface area (Å²) in [6.45, 7) is 9.26. The van der Waals surface area contributed by atoms with Crippen LogP contribution in [0.4, 0.5) is 0 Å². The fraction of sp³-hybridized carbons (Fsp3) is 0.932. The first-order valence-electron chi connectivity index (χ1n) is 31.0. The predicted molar refractivity (Wildman–Crippen MR) is 308 cm³/mol. The molecule has 0 radical (unpaired) electrons. The summed E-state index contributed by atoms with van der Waals surface area (Å²) in [5.41, 5.74) is 0. The van der Waals surface area contributed by atoms with E-state index in [-0.39, 0.29) is 25.7 Å². The number of phosphoric acid groups is 2. The van der Waals surface area contributed by atoms with Crippen LogP contribution in [0.2, 0.25) is 0 Å². The van der Waals surface area contributed by atoms with E-state index >= 15 is 0 Å². The van der Waals surface area contributed by atoms with Crippen LogP contribution in [-0.2, 0) is 65.4 Å². The number of hydrogen-bond donors (Lipinski definition) is 3. The third-order valence-electron chi connectivity index (χ3n) is 13.8. The van der Waals surface area contributed by atoms with Gasteiger partial charge >= 0.3 is 39.5 Å². The lowest BCUT2D eigenvalue weighted by Crippen LogP contribution is -2.30. The third kappa shape index (κ3) is 52.2. The Labute approximate surface area is 473 Å². The highest BCUT2D eigenvalue weighted by Crippen LogP contribution is 2.45. The molecule has 6 atom stereocenters. The van der Waals surface area contributed by atoms with Crippen LogP contribution in [0, 0.1) is 11.8 Å². The van der Waals surface area contributed by atoms with Crippen LogP contribution in [0.3, 0.4) is 0 Å². The van der Waals surface area contributed by atoms with Gasteiger partial charge in [-0.15, -0.1) is 0 Å². The molecule has 3 N–H and O–H groups in total. The zero-order valence-corrected chi connectivity index (χ0v) is 51.7. The number of aliphatic hydroxyl groups excluding tert-OH is 1. The van der Waals surface area contributed by atoms with Crippen molar-refractivity contribution in [2.75, 3.05) is 39.6 Å². The van der Waals surface area contributed by atoms with Crippen LogP contribution in [0.25, 0.3) is 0 Å². The van der Waals surface area contributed by atoms with E-state index in [0.717, 1.165) is 115 Å². The number of ether oxygens (including phenoxy) is 4. The minimum Gasteiger partial charge on any atom is -0.462 e. The van der Waals surface area contributed by atoms with E-state index in [1.165, 1.54) is 89.9 Å². The molecule has 0 aromatic heterocycles. The van der Waals surface area contributed by atoms with Gasteiger partial charge in [0, 0.05) is 25.7 Å². The Hall–Kier alpha value is -1.94. The van der Waals surface area contributed by atoms with Gasteiger partial charge in [-0.1, -0.05) is 234 Å². The van der Waals surface area contributed by atoms with E-state index in [1.54, 1.807) is 0 Å². The second kappa shape index (κ2) is 51.9. The molecule has 0 saturated heterocycles. The monoisotopic (exact) mass is 1160 g/mol. The maximum Gasteiger partial charge on any atom is 0.472 e. The average molecular weight is 1160 g/mol. The van der Waals surface area contributed by atoms with Crippen molar-refractivity contribution in [2.45, 2.75) is 304 Å². The molecule has 17 nitrogen and oxygen atoms in total. The summed E-state index contributed by atoms with van der Waals surface area (Å²) < 4.78 is 67.3. The Kier molecular flexibility index (Phi) is 50.6. The fourth-order valence-electron chi connectivity index (χ4n) is 8.61. The van der Waals surface area contributed by atoms with Crippen LogP contribution in [0.5, 0.6) is 0 Å². The first-order chi connectivity index (χ1) is 37.4. The number of aliphatic hydroxyl groups is 1. The van der Waals surface area contributed by atoms with Crippen LogP contribution >= 0.6 is 15.6 Å². The summed E-state index contributed by atoms with van der Waals surface area (Å²) in [5.74, 6) is -0.631. The number of hydrogen-bond acceptors (Lipinski definition) is 15. The van der Waals surface area contributed by atoms with Gasteiger partial charge in [0.15, 0.2) is 12.2 Å². The molecule has 0 fully saturated rings. The summed E-state index contributed by atoms with van der Waals surface area (Å²) in [6, 6.07) is 0. The highest BCUT2D eigenvalue weighted by Gasteiger charge is 2.30. The van der Waals surface area contributed by atoms with Crippen molar-refractivity contribution in [1.82, 2.24) is 0 Å². The van der Waals surface area contributed by atoms with Gasteiger partial charge in [0.25, 0.3) is 0 Å². The normalized spacial score (nSPS) is 14.8. The van der Waals surface area contributed by atoms with Gasteiger partial charge in [-0.2, -0.15) is 0 Å². The molecular formula is C59H114O17P2. The molecular weight excluding hydrogens is 1040 g/mol. The molecule has 0 heterocycles. The largest absolute Gasteiger partial charge is 0.472 e. The van der Waals surface area contributed by atoms with Crippen molar-refractivity contribution in [3.8, 4) is 0 Å². The van der Waals surface area contributed by atoms with Crippen molar-refractivity contribution < 1.29 is 80.2 Å². The molecule has 0 aliphatic rings. The van der Waals surface area contributed by atoms with Gasteiger partial charge in [0.2, 0.25) is 0 Å². The van der Waals surface area contributed by atoms with Crippen molar-refractivity contribution in [1.29, 1.82) is 0 Å². The first-order valence-corrected chi connectivity index (χ1v) is 34.0. The molecule has 0 bridgehead atoms. The van der Waals surface area contributed by atoms with Crippen LogP contribution in [-0.4, -0.2) is 96.7 Å². The van der Waals surface area contributed by atoms with Crippen molar-refractivity contribution in [2.24, 2.45) is 11.8 Å². The molecule has 78 heavy (non-hydrogen) atoms. The number of rotatable bonds is 58. The quantitative estimate of drug-likeness (QED) is 0.0222. The number of esters is 4. The standard InChI is InChI=1S/C59H114O17P2/c1-7-10-12-27-35-41-56(61)69-47-54(75-58(63)43-37-28-13-11-8-2)49-73-77(65,66)71-45-53(60)46-72-78(67,68)74-50-55(48-70-57(62)42-36-31-26-25-30-34-40-52(6)9-3)76-59(64)44-38-32-24-22-20-18-16-14-15-17-19-21-23-29-33-39-51(4)5/h51-55,60H,7-50H2,1-6H3,(H,65,66)(H,67,68)/t52?,53-,54+,55+/m0/s1. The zero-order chi connectivity index (χ0) is 58.0. The molecule has 0 aromatic rings. The van der Waals surface area contributed by atoms with E-state index in [9.17, 15) is 43.2 Å². The maximum absolute atomic E-state index is 12.9. The number of carbonyl (C=O) groups excluding carboxylic acids is 4. The molecule has 19 heteroatoms. The summed E-state index contributed by atoms with van der Waals surface area (Å²) in [5, 5.41) is 10.5. The van der Waals surface area contributed by atoms with Gasteiger partial charge in [-0.3, -0.25) is 37.3 Å². The predicted octanol–water partition coefficient (Wildman–Crippen LogP) is 15.7. The van der Waals surface area contributed by atoms with Crippen molar-refractivity contribution >= 4 is 39.5 Å². The topological polar surface area (TPSA) is 237 Å². The van der Waals surface area contributed by atoms with E-state index in [4.69, 9.17) is 37.0 Å². The second-order valence-corrected chi connectivity index (χ2v) is 25.0. The van der Waals surface area contributed by atoms with Gasteiger partial charge in [0.1, 0.15) is 19.3 Å². The third-order valence-corrected chi connectivity index (χ3v) is 15.7. The summed E-state index contributed by atoms with van der Waals surface area (Å²) in [4.78, 5) is 71.4. The average Bonchev–Trinajstić information content (AvgIpc) is 3.40. The van der Waals surface area contributed by atoms with Gasteiger partial charge in [0.05, 0.1) is 26.4 Å². The SMILES string of the molecule is CCCCCCCC(=O)OC[C@H](COP(=O)(O)OC[C@H](O)COP(=O)(O)OC[C@@H](COC(=O)CCCCCCCCC(C)CC)OC(=O)CCCCCCCCCCCCCCCCCC(C)C)OC(=O)CCCCCCC. The summed E-state index contributed by atoms with van der Waals surface area (Å²) in [7, 11) is -9.86. The van der Waals surface area contributed by atoms with Gasteiger partial charge < -0.3 is 33.8 Å². The lowest BCUT2D eigenvalue weighted by Gasteiger charge is -2.21. The van der Waals surface area contributed by atoms with E-state index < -0.39 is 97.5 Å². The Morgan fingerprint density at radius 1 is 0.372 bits per heavy atom. The number of unbranched alkanes of at least 4 members (excludes halogenated alkanes) is 27. The molecule has 462 valence electrons. The second-order valence-electron chi connectivity index (χ2n) is 22.1. The molecule has 0 rings (SSSR count).